The van der Waals surface area contributed by atoms with Gasteiger partial charge in [-0.05, 0) is 30.3 Å². The predicted octanol–water partition coefficient (Wildman–Crippen LogP) is 4.12. The number of fused-ring (bicyclic) bond motifs is 2. The summed E-state index contributed by atoms with van der Waals surface area (Å²) in [7, 11) is 1.89. The van der Waals surface area contributed by atoms with Gasteiger partial charge < -0.3 is 4.90 Å². The van der Waals surface area contributed by atoms with Crippen molar-refractivity contribution in [2.24, 2.45) is 0 Å². The van der Waals surface area contributed by atoms with Crippen LogP contribution < -0.4 is 9.80 Å². The van der Waals surface area contributed by atoms with Crippen molar-refractivity contribution in [3.63, 3.8) is 0 Å². The third kappa shape index (κ3) is 2.09. The topological polar surface area (TPSA) is 52.2 Å². The first-order valence-electron chi connectivity index (χ1n) is 7.13. The number of H-pyrrole nitrogens is 1. The molecule has 1 aliphatic rings. The minimum Gasteiger partial charge on any atom is -0.327 e. The largest absolute Gasteiger partial charge is 0.327 e. The summed E-state index contributed by atoms with van der Waals surface area (Å²) in [6.07, 6.45) is 1.55. The van der Waals surface area contributed by atoms with Gasteiger partial charge in [-0.1, -0.05) is 29.8 Å². The highest BCUT2D eigenvalue weighted by atomic mass is 35.5. The van der Waals surface area contributed by atoms with Crippen LogP contribution in [0, 0.1) is 0 Å². The smallest absolute Gasteiger partial charge is 0.268 e. The molecule has 0 radical (unpaired) electrons. The third-order valence-electron chi connectivity index (χ3n) is 3.94. The van der Waals surface area contributed by atoms with Crippen LogP contribution in [0.3, 0.4) is 0 Å². The van der Waals surface area contributed by atoms with Crippen LogP contribution in [0.25, 0.3) is 0 Å². The highest BCUT2D eigenvalue weighted by Crippen LogP contribution is 2.43. The average Bonchev–Trinajstić information content (AvgIpc) is 3.02. The molecule has 0 saturated carbocycles. The number of carbonyl (C=O) groups is 1. The van der Waals surface area contributed by atoms with E-state index in [2.05, 4.69) is 10.2 Å². The number of hydrogen-bond acceptors (Lipinski definition) is 3. The summed E-state index contributed by atoms with van der Waals surface area (Å²) in [6.45, 7) is 0. The van der Waals surface area contributed by atoms with Crippen molar-refractivity contribution in [2.45, 2.75) is 0 Å². The standard InChI is InChI=1S/C17H13ClN4O/c1-21-14-8-7-11(18)9-15(14)22(12-5-3-2-4-6-12)17(23)13-10-19-20-16(13)21/h2-10H,1H3,(H,19,20). The number of aromatic nitrogens is 2. The Kier molecular flexibility index (Phi) is 3.09. The first-order chi connectivity index (χ1) is 11.2. The van der Waals surface area contributed by atoms with Crippen molar-refractivity contribution in [1.82, 2.24) is 10.2 Å². The number of aromatic amines is 1. The zero-order valence-electron chi connectivity index (χ0n) is 12.3. The number of anilines is 4. The predicted molar refractivity (Wildman–Crippen MR) is 91.0 cm³/mol. The van der Waals surface area contributed by atoms with Crippen LogP contribution in [0.15, 0.2) is 54.7 Å². The molecule has 0 aliphatic carbocycles. The van der Waals surface area contributed by atoms with Crippen LogP contribution >= 0.6 is 11.6 Å². The van der Waals surface area contributed by atoms with Gasteiger partial charge in [0.1, 0.15) is 11.4 Å². The molecule has 1 aromatic heterocycles. The molecule has 0 atom stereocenters. The first kappa shape index (κ1) is 13.8. The van der Waals surface area contributed by atoms with E-state index in [1.54, 1.807) is 17.2 Å². The van der Waals surface area contributed by atoms with Gasteiger partial charge >= 0.3 is 0 Å². The summed E-state index contributed by atoms with van der Waals surface area (Å²) in [4.78, 5) is 16.7. The summed E-state index contributed by atoms with van der Waals surface area (Å²) >= 11 is 6.19. The Morgan fingerprint density at radius 3 is 2.65 bits per heavy atom. The van der Waals surface area contributed by atoms with E-state index >= 15 is 0 Å². The third-order valence-corrected chi connectivity index (χ3v) is 4.18. The lowest BCUT2D eigenvalue weighted by Crippen LogP contribution is -2.24. The minimum atomic E-state index is -0.146. The molecule has 2 heterocycles. The van der Waals surface area contributed by atoms with Crippen molar-refractivity contribution < 1.29 is 4.79 Å². The van der Waals surface area contributed by atoms with Gasteiger partial charge in [-0.25, -0.2) is 0 Å². The van der Waals surface area contributed by atoms with E-state index in [1.807, 2.05) is 54.4 Å². The molecule has 4 rings (SSSR count). The quantitative estimate of drug-likeness (QED) is 0.732. The zero-order chi connectivity index (χ0) is 16.0. The lowest BCUT2D eigenvalue weighted by Gasteiger charge is -2.24. The molecule has 0 spiro atoms. The van der Waals surface area contributed by atoms with Gasteiger partial charge in [-0.15, -0.1) is 0 Å². The molecule has 6 heteroatoms. The van der Waals surface area contributed by atoms with Crippen LogP contribution in [0.5, 0.6) is 0 Å². The number of rotatable bonds is 1. The van der Waals surface area contributed by atoms with Crippen LogP contribution in [0.4, 0.5) is 22.9 Å². The van der Waals surface area contributed by atoms with Gasteiger partial charge in [0.05, 0.1) is 17.6 Å². The van der Waals surface area contributed by atoms with Crippen LogP contribution in [-0.2, 0) is 0 Å². The second kappa shape index (κ2) is 5.14. The Labute approximate surface area is 138 Å². The molecule has 1 amide bonds. The lowest BCUT2D eigenvalue weighted by atomic mass is 10.2. The summed E-state index contributed by atoms with van der Waals surface area (Å²) in [5.41, 5.74) is 2.91. The summed E-state index contributed by atoms with van der Waals surface area (Å²) < 4.78 is 0. The van der Waals surface area contributed by atoms with Crippen molar-refractivity contribution in [3.8, 4) is 0 Å². The Morgan fingerprint density at radius 2 is 1.87 bits per heavy atom. The number of halogens is 1. The van der Waals surface area contributed by atoms with Crippen molar-refractivity contribution >= 4 is 40.4 Å². The lowest BCUT2D eigenvalue weighted by molar-refractivity contribution is 0.100. The maximum Gasteiger partial charge on any atom is 0.268 e. The van der Waals surface area contributed by atoms with E-state index in [-0.39, 0.29) is 5.91 Å². The second-order valence-electron chi connectivity index (χ2n) is 5.30. The molecule has 1 N–H and O–H groups in total. The molecular formula is C17H13ClN4O. The fourth-order valence-electron chi connectivity index (χ4n) is 2.83. The fraction of sp³-hybridized carbons (Fsp3) is 0.0588. The van der Waals surface area contributed by atoms with Crippen LogP contribution in [-0.4, -0.2) is 23.2 Å². The van der Waals surface area contributed by atoms with E-state index in [0.717, 1.165) is 17.1 Å². The maximum absolute atomic E-state index is 13.1. The Bertz CT molecular complexity index is 891. The average molecular weight is 325 g/mol. The molecule has 0 bridgehead atoms. The monoisotopic (exact) mass is 324 g/mol. The van der Waals surface area contributed by atoms with Gasteiger partial charge in [0.15, 0.2) is 0 Å². The Morgan fingerprint density at radius 1 is 1.09 bits per heavy atom. The normalized spacial score (nSPS) is 13.6. The van der Waals surface area contributed by atoms with Gasteiger partial charge in [0, 0.05) is 17.8 Å². The molecule has 0 saturated heterocycles. The Balaban J connectivity index is 2.03. The van der Waals surface area contributed by atoms with E-state index in [0.29, 0.717) is 16.4 Å². The summed E-state index contributed by atoms with van der Waals surface area (Å²) in [5, 5.41) is 7.50. The molecule has 2 aromatic carbocycles. The number of hydrogen-bond donors (Lipinski definition) is 1. The van der Waals surface area contributed by atoms with Crippen LogP contribution in [0.1, 0.15) is 10.4 Å². The Hall–Kier alpha value is -2.79. The molecule has 5 nitrogen and oxygen atoms in total. The summed E-state index contributed by atoms with van der Waals surface area (Å²) in [5.74, 6) is 0.518. The number of nitrogens with one attached hydrogen (secondary N) is 1. The molecule has 3 aromatic rings. The van der Waals surface area contributed by atoms with Gasteiger partial charge in [-0.2, -0.15) is 5.10 Å². The highest BCUT2D eigenvalue weighted by molar-refractivity contribution is 6.31. The first-order valence-corrected chi connectivity index (χ1v) is 7.51. The van der Waals surface area contributed by atoms with E-state index in [1.165, 1.54) is 0 Å². The molecule has 0 unspecified atom stereocenters. The number of para-hydroxylation sites is 1. The van der Waals surface area contributed by atoms with E-state index in [4.69, 9.17) is 11.6 Å². The maximum atomic E-state index is 13.1. The zero-order valence-corrected chi connectivity index (χ0v) is 13.1. The SMILES string of the molecule is CN1c2ccc(Cl)cc2N(c2ccccc2)C(=O)c2cn[nH]c21. The second-order valence-corrected chi connectivity index (χ2v) is 5.74. The van der Waals surface area contributed by atoms with E-state index in [9.17, 15) is 4.79 Å². The fourth-order valence-corrected chi connectivity index (χ4v) is 3.00. The van der Waals surface area contributed by atoms with Gasteiger partial charge in [0.2, 0.25) is 0 Å². The van der Waals surface area contributed by atoms with E-state index < -0.39 is 0 Å². The molecular weight excluding hydrogens is 312 g/mol. The van der Waals surface area contributed by atoms with Crippen molar-refractivity contribution in [3.05, 3.63) is 65.3 Å². The number of carbonyl (C=O) groups excluding carboxylic acids is 1. The molecule has 1 aliphatic heterocycles. The number of nitrogens with zero attached hydrogens (tertiary/aromatic N) is 3. The minimum absolute atomic E-state index is 0.146. The highest BCUT2D eigenvalue weighted by Gasteiger charge is 2.32. The molecule has 0 fully saturated rings. The van der Waals surface area contributed by atoms with Gasteiger partial charge in [-0.3, -0.25) is 14.8 Å². The van der Waals surface area contributed by atoms with Crippen molar-refractivity contribution in [2.75, 3.05) is 16.8 Å². The van der Waals surface area contributed by atoms with Gasteiger partial charge in [0.25, 0.3) is 5.91 Å². The number of benzene rings is 2. The number of amides is 1. The van der Waals surface area contributed by atoms with Crippen molar-refractivity contribution in [1.29, 1.82) is 0 Å². The van der Waals surface area contributed by atoms with Crippen LogP contribution in [0.2, 0.25) is 5.02 Å². The molecule has 114 valence electrons. The molecule has 23 heavy (non-hydrogen) atoms. The summed E-state index contributed by atoms with van der Waals surface area (Å²) in [6, 6.07) is 15.0.